The van der Waals surface area contributed by atoms with Crippen molar-refractivity contribution < 1.29 is 4.42 Å². The molecule has 3 aromatic rings. The van der Waals surface area contributed by atoms with Crippen LogP contribution in [0.4, 0.5) is 11.6 Å². The Labute approximate surface area is 142 Å². The number of rotatable bonds is 5. The van der Waals surface area contributed by atoms with E-state index in [4.69, 9.17) is 4.42 Å². The molecule has 122 valence electrons. The van der Waals surface area contributed by atoms with Crippen LogP contribution in [-0.2, 0) is 5.75 Å². The lowest BCUT2D eigenvalue weighted by molar-refractivity contribution is 0.580. The van der Waals surface area contributed by atoms with E-state index in [-0.39, 0.29) is 10.9 Å². The molecule has 7 heteroatoms. The van der Waals surface area contributed by atoms with Gasteiger partial charge in [0.2, 0.25) is 0 Å². The van der Waals surface area contributed by atoms with Crippen LogP contribution in [0.5, 0.6) is 0 Å². The minimum absolute atomic E-state index is 0.273. The van der Waals surface area contributed by atoms with E-state index in [2.05, 4.69) is 48.5 Å². The van der Waals surface area contributed by atoms with Crippen molar-refractivity contribution in [3.63, 3.8) is 0 Å². The predicted molar refractivity (Wildman–Crippen MR) is 97.3 cm³/mol. The lowest BCUT2D eigenvalue weighted by Gasteiger charge is -2.11. The van der Waals surface area contributed by atoms with Crippen LogP contribution in [0.2, 0.25) is 0 Å². The fourth-order valence-corrected chi connectivity index (χ4v) is 3.90. The molecule has 0 aliphatic carbocycles. The molecule has 3 aromatic heterocycles. The van der Waals surface area contributed by atoms with Gasteiger partial charge in [0.15, 0.2) is 5.76 Å². The average molecular weight is 339 g/mol. The van der Waals surface area contributed by atoms with Gasteiger partial charge in [-0.05, 0) is 29.9 Å². The molecule has 1 aliphatic heterocycles. The van der Waals surface area contributed by atoms with E-state index in [9.17, 15) is 0 Å². The number of anilines is 2. The molecule has 6 nitrogen and oxygen atoms in total. The van der Waals surface area contributed by atoms with Crippen LogP contribution in [0.25, 0.3) is 11.5 Å². The van der Waals surface area contributed by atoms with Crippen molar-refractivity contribution in [1.29, 1.82) is 0 Å². The zero-order valence-electron chi connectivity index (χ0n) is 13.1. The quantitative estimate of drug-likeness (QED) is 0.611. The van der Waals surface area contributed by atoms with Crippen LogP contribution in [0.3, 0.4) is 0 Å². The van der Waals surface area contributed by atoms with Gasteiger partial charge in [-0.1, -0.05) is 12.2 Å². The number of allylic oxidation sites excluding steroid dienone is 2. The molecule has 0 aromatic carbocycles. The summed E-state index contributed by atoms with van der Waals surface area (Å²) in [5.74, 6) is 3.96. The van der Waals surface area contributed by atoms with Gasteiger partial charge >= 0.3 is 0 Å². The second-order valence-corrected chi connectivity index (χ2v) is 7.38. The van der Waals surface area contributed by atoms with E-state index in [0.29, 0.717) is 0 Å². The standard InChI is InChI=1S/C17H17N5OS/c1-12-9-15(20-17(18-12)11-24-7-2-3-8-24)19-16-10-13(21-22-16)14-5-4-6-23-14/h2-10,24H,11H2,1H3,(H2,18,19,20,21,22). The minimum atomic E-state index is -0.273. The van der Waals surface area contributed by atoms with Gasteiger partial charge in [0.25, 0.3) is 0 Å². The largest absolute Gasteiger partial charge is 0.463 e. The van der Waals surface area contributed by atoms with E-state index in [1.807, 2.05) is 31.2 Å². The van der Waals surface area contributed by atoms with Gasteiger partial charge in [-0.2, -0.15) is 5.10 Å². The summed E-state index contributed by atoms with van der Waals surface area (Å²) < 4.78 is 5.35. The number of aryl methyl sites for hydroxylation is 1. The monoisotopic (exact) mass is 339 g/mol. The van der Waals surface area contributed by atoms with Gasteiger partial charge in [-0.3, -0.25) is 5.10 Å². The van der Waals surface area contributed by atoms with Crippen LogP contribution < -0.4 is 5.32 Å². The Morgan fingerprint density at radius 3 is 2.88 bits per heavy atom. The highest BCUT2D eigenvalue weighted by atomic mass is 32.2. The zero-order valence-corrected chi connectivity index (χ0v) is 14.0. The van der Waals surface area contributed by atoms with Gasteiger partial charge in [0.05, 0.1) is 6.26 Å². The Hall–Kier alpha value is -2.80. The molecule has 0 unspecified atom stereocenters. The van der Waals surface area contributed by atoms with Gasteiger partial charge in [-0.15, -0.1) is 0 Å². The summed E-state index contributed by atoms with van der Waals surface area (Å²) in [6, 6.07) is 7.52. The number of nitrogens with one attached hydrogen (secondary N) is 2. The molecule has 0 atom stereocenters. The topological polar surface area (TPSA) is 79.6 Å². The van der Waals surface area contributed by atoms with Crippen LogP contribution in [0.15, 0.2) is 57.9 Å². The molecule has 0 fully saturated rings. The lowest BCUT2D eigenvalue weighted by atomic mass is 10.3. The number of furan rings is 1. The summed E-state index contributed by atoms with van der Waals surface area (Å²) in [5, 5.41) is 14.9. The molecule has 4 heterocycles. The molecule has 0 saturated heterocycles. The number of thiol groups is 1. The highest BCUT2D eigenvalue weighted by molar-refractivity contribution is 8.21. The number of hydrogen-bond donors (Lipinski definition) is 3. The van der Waals surface area contributed by atoms with Crippen molar-refractivity contribution in [2.24, 2.45) is 0 Å². The number of H-pyrrole nitrogens is 1. The number of aromatic amines is 1. The maximum Gasteiger partial charge on any atom is 0.154 e. The molecule has 0 bridgehead atoms. The summed E-state index contributed by atoms with van der Waals surface area (Å²) >= 11 is 0. The van der Waals surface area contributed by atoms with E-state index in [1.165, 1.54) is 0 Å². The first-order valence-corrected chi connectivity index (χ1v) is 9.24. The second kappa shape index (κ2) is 6.37. The smallest absolute Gasteiger partial charge is 0.154 e. The Morgan fingerprint density at radius 2 is 2.08 bits per heavy atom. The molecule has 4 rings (SSSR count). The fourth-order valence-electron chi connectivity index (χ4n) is 2.48. The van der Waals surface area contributed by atoms with Gasteiger partial charge in [-0.25, -0.2) is 20.9 Å². The zero-order chi connectivity index (χ0) is 16.4. The highest BCUT2D eigenvalue weighted by Gasteiger charge is 2.09. The molecule has 0 amide bonds. The summed E-state index contributed by atoms with van der Waals surface area (Å²) in [6.45, 7) is 1.98. The third kappa shape index (κ3) is 3.26. The third-order valence-electron chi connectivity index (χ3n) is 3.50. The van der Waals surface area contributed by atoms with Crippen LogP contribution >= 0.6 is 10.9 Å². The first kappa shape index (κ1) is 14.8. The highest BCUT2D eigenvalue weighted by Crippen LogP contribution is 2.36. The maximum atomic E-state index is 5.35. The van der Waals surface area contributed by atoms with Crippen LogP contribution in [0.1, 0.15) is 11.5 Å². The van der Waals surface area contributed by atoms with Crippen molar-refractivity contribution in [3.8, 4) is 11.5 Å². The second-order valence-electron chi connectivity index (χ2n) is 5.44. The van der Waals surface area contributed by atoms with Crippen LogP contribution in [-0.4, -0.2) is 20.2 Å². The molecule has 0 saturated carbocycles. The summed E-state index contributed by atoms with van der Waals surface area (Å²) in [4.78, 5) is 9.16. The molecule has 0 radical (unpaired) electrons. The van der Waals surface area contributed by atoms with Gasteiger partial charge in [0, 0.05) is 23.6 Å². The molecule has 2 N–H and O–H groups in total. The van der Waals surface area contributed by atoms with Gasteiger partial charge < -0.3 is 9.73 Å². The Kier molecular flexibility index (Phi) is 3.92. The van der Waals surface area contributed by atoms with Crippen molar-refractivity contribution in [2.75, 3.05) is 5.32 Å². The Bertz CT molecular complexity index is 886. The van der Waals surface area contributed by atoms with E-state index < -0.39 is 0 Å². The molecule has 0 spiro atoms. The van der Waals surface area contributed by atoms with Crippen molar-refractivity contribution >= 4 is 22.5 Å². The fraction of sp³-hybridized carbons (Fsp3) is 0.118. The molecular weight excluding hydrogens is 322 g/mol. The predicted octanol–water partition coefficient (Wildman–Crippen LogP) is 4.05. The number of hydrogen-bond acceptors (Lipinski definition) is 5. The first-order chi connectivity index (χ1) is 11.8. The average Bonchev–Trinajstić information content (AvgIpc) is 3.28. The van der Waals surface area contributed by atoms with E-state index in [0.717, 1.165) is 40.4 Å². The Balaban J connectivity index is 1.52. The van der Waals surface area contributed by atoms with Crippen molar-refractivity contribution in [1.82, 2.24) is 20.2 Å². The summed E-state index contributed by atoms with van der Waals surface area (Å²) in [7, 11) is -0.273. The van der Waals surface area contributed by atoms with Crippen molar-refractivity contribution in [2.45, 2.75) is 12.7 Å². The van der Waals surface area contributed by atoms with E-state index >= 15 is 0 Å². The molecule has 1 aliphatic rings. The summed E-state index contributed by atoms with van der Waals surface area (Å²) in [5.41, 5.74) is 1.69. The Morgan fingerprint density at radius 1 is 1.21 bits per heavy atom. The van der Waals surface area contributed by atoms with Gasteiger partial charge in [0.1, 0.15) is 23.2 Å². The molecular formula is C17H17N5OS. The van der Waals surface area contributed by atoms with Crippen LogP contribution in [0, 0.1) is 6.92 Å². The molecule has 24 heavy (non-hydrogen) atoms. The normalized spacial score (nSPS) is 14.5. The lowest BCUT2D eigenvalue weighted by Crippen LogP contribution is -2.02. The number of nitrogens with zero attached hydrogens (tertiary/aromatic N) is 3. The van der Waals surface area contributed by atoms with E-state index in [1.54, 1.807) is 6.26 Å². The first-order valence-electron chi connectivity index (χ1n) is 7.58. The summed E-state index contributed by atoms with van der Waals surface area (Å²) in [6.07, 6.45) is 5.80. The number of aromatic nitrogens is 4. The maximum absolute atomic E-state index is 5.35. The van der Waals surface area contributed by atoms with Crippen molar-refractivity contribution in [3.05, 3.63) is 65.0 Å². The SMILES string of the molecule is Cc1cc(Nc2cc(-c3ccco3)n[nH]2)nc(C[SH]2C=CC=C2)n1. The third-order valence-corrected chi connectivity index (χ3v) is 5.26. The minimum Gasteiger partial charge on any atom is -0.463 e.